The van der Waals surface area contributed by atoms with Crippen molar-refractivity contribution < 1.29 is 18.3 Å². The number of aromatic nitrogens is 2. The third-order valence-corrected chi connectivity index (χ3v) is 4.99. The van der Waals surface area contributed by atoms with Crippen molar-refractivity contribution in [1.82, 2.24) is 14.9 Å². The summed E-state index contributed by atoms with van der Waals surface area (Å²) in [7, 11) is 0. The molecule has 1 aliphatic carbocycles. The van der Waals surface area contributed by atoms with E-state index in [2.05, 4.69) is 15.3 Å². The Morgan fingerprint density at radius 2 is 2.03 bits per heavy atom. The van der Waals surface area contributed by atoms with Gasteiger partial charge in [-0.3, -0.25) is 14.5 Å². The molecular weight excluding hydrogens is 408 g/mol. The zero-order valence-corrected chi connectivity index (χ0v) is 17.2. The third kappa shape index (κ3) is 7.97. The van der Waals surface area contributed by atoms with Crippen molar-refractivity contribution in [2.45, 2.75) is 31.6 Å². The van der Waals surface area contributed by atoms with Gasteiger partial charge in [0.2, 0.25) is 5.91 Å². The molecule has 0 radical (unpaired) electrons. The molecule has 3 heterocycles. The van der Waals surface area contributed by atoms with Crippen LogP contribution in [-0.4, -0.2) is 52.9 Å². The van der Waals surface area contributed by atoms with Gasteiger partial charge in [-0.2, -0.15) is 0 Å². The van der Waals surface area contributed by atoms with Gasteiger partial charge in [-0.25, -0.2) is 13.8 Å². The highest BCUT2D eigenvalue weighted by Gasteiger charge is 2.34. The molecule has 2 aromatic rings. The average molecular weight is 435 g/mol. The maximum Gasteiger partial charge on any atom is 0.271 e. The van der Waals surface area contributed by atoms with Crippen molar-refractivity contribution in [2.75, 3.05) is 37.3 Å². The molecule has 1 aliphatic heterocycles. The summed E-state index contributed by atoms with van der Waals surface area (Å²) < 4.78 is 31.7. The number of nitrogens with two attached hydrogens (primary N) is 1. The van der Waals surface area contributed by atoms with E-state index in [9.17, 15) is 18.4 Å². The van der Waals surface area contributed by atoms with Gasteiger partial charge in [0.25, 0.3) is 11.5 Å². The SMILES string of the molecule is Nc1ccc[nH]c1=O.O=C(CN1CCC(F)(F)CC1)Nc1ccc(OCC2CC2)cn1. The van der Waals surface area contributed by atoms with Crippen molar-refractivity contribution in [3.8, 4) is 5.75 Å². The first kappa shape index (κ1) is 22.7. The minimum absolute atomic E-state index is 0.109. The van der Waals surface area contributed by atoms with Crippen LogP contribution in [0, 0.1) is 5.92 Å². The first-order chi connectivity index (χ1) is 14.8. The number of carbonyl (C=O) groups is 1. The van der Waals surface area contributed by atoms with Crippen LogP contribution in [0.25, 0.3) is 0 Å². The molecule has 4 rings (SSSR count). The molecule has 0 spiro atoms. The number of rotatable bonds is 6. The van der Waals surface area contributed by atoms with Crippen LogP contribution in [0.1, 0.15) is 25.7 Å². The Labute approximate surface area is 178 Å². The summed E-state index contributed by atoms with van der Waals surface area (Å²) >= 11 is 0. The van der Waals surface area contributed by atoms with Gasteiger partial charge >= 0.3 is 0 Å². The molecule has 0 unspecified atom stereocenters. The summed E-state index contributed by atoms with van der Waals surface area (Å²) in [4.78, 5) is 30.7. The fraction of sp³-hybridized carbons (Fsp3) is 0.476. The molecule has 31 heavy (non-hydrogen) atoms. The number of carbonyl (C=O) groups excluding carboxylic acids is 1. The molecule has 0 aromatic carbocycles. The highest BCUT2D eigenvalue weighted by molar-refractivity contribution is 5.91. The Bertz CT molecular complexity index is 906. The number of hydrogen-bond acceptors (Lipinski definition) is 6. The van der Waals surface area contributed by atoms with E-state index in [1.54, 1.807) is 41.6 Å². The van der Waals surface area contributed by atoms with E-state index in [1.807, 2.05) is 0 Å². The Morgan fingerprint density at radius 1 is 1.29 bits per heavy atom. The Balaban J connectivity index is 0.000000287. The van der Waals surface area contributed by atoms with E-state index in [-0.39, 0.29) is 49.6 Å². The second-order valence-corrected chi connectivity index (χ2v) is 7.77. The zero-order chi connectivity index (χ0) is 22.3. The molecular formula is C21H27F2N5O3. The number of H-pyrrole nitrogens is 1. The summed E-state index contributed by atoms with van der Waals surface area (Å²) in [6.07, 6.45) is 5.20. The summed E-state index contributed by atoms with van der Waals surface area (Å²) in [5.74, 6) is -1.03. The third-order valence-electron chi connectivity index (χ3n) is 4.99. The van der Waals surface area contributed by atoms with Gasteiger partial charge in [-0.15, -0.1) is 0 Å². The second-order valence-electron chi connectivity index (χ2n) is 7.77. The van der Waals surface area contributed by atoms with Crippen LogP contribution < -0.4 is 21.3 Å². The van der Waals surface area contributed by atoms with Crippen LogP contribution in [0.2, 0.25) is 0 Å². The van der Waals surface area contributed by atoms with Crippen LogP contribution in [0.4, 0.5) is 20.3 Å². The number of nitrogen functional groups attached to an aromatic ring is 1. The van der Waals surface area contributed by atoms with E-state index < -0.39 is 5.92 Å². The van der Waals surface area contributed by atoms with E-state index >= 15 is 0 Å². The largest absolute Gasteiger partial charge is 0.492 e. The molecule has 168 valence electrons. The highest BCUT2D eigenvalue weighted by Crippen LogP contribution is 2.29. The van der Waals surface area contributed by atoms with Crippen molar-refractivity contribution >= 4 is 17.4 Å². The van der Waals surface area contributed by atoms with E-state index in [1.165, 1.54) is 12.8 Å². The van der Waals surface area contributed by atoms with Crippen LogP contribution in [0.3, 0.4) is 0 Å². The molecule has 8 nitrogen and oxygen atoms in total. The number of likely N-dealkylation sites (tertiary alicyclic amines) is 1. The number of amides is 1. The average Bonchev–Trinajstić information content (AvgIpc) is 3.56. The fourth-order valence-corrected chi connectivity index (χ4v) is 2.90. The van der Waals surface area contributed by atoms with Gasteiger partial charge in [0.15, 0.2) is 0 Å². The quantitative estimate of drug-likeness (QED) is 0.643. The van der Waals surface area contributed by atoms with Crippen molar-refractivity contribution in [1.29, 1.82) is 0 Å². The Hall–Kier alpha value is -3.01. The minimum Gasteiger partial charge on any atom is -0.492 e. The molecule has 2 fully saturated rings. The lowest BCUT2D eigenvalue weighted by Gasteiger charge is -2.30. The molecule has 0 bridgehead atoms. The number of ether oxygens (including phenoxy) is 1. The van der Waals surface area contributed by atoms with Gasteiger partial charge in [0, 0.05) is 32.1 Å². The van der Waals surface area contributed by atoms with Crippen LogP contribution >= 0.6 is 0 Å². The topological polar surface area (TPSA) is 113 Å². The number of nitrogens with zero attached hydrogens (tertiary/aromatic N) is 2. The molecule has 10 heteroatoms. The van der Waals surface area contributed by atoms with Crippen molar-refractivity contribution in [2.24, 2.45) is 5.92 Å². The predicted octanol–water partition coefficient (Wildman–Crippen LogP) is 2.50. The fourth-order valence-electron chi connectivity index (χ4n) is 2.90. The maximum absolute atomic E-state index is 13.1. The maximum atomic E-state index is 13.1. The second kappa shape index (κ2) is 10.3. The number of aromatic amines is 1. The lowest BCUT2D eigenvalue weighted by molar-refractivity contribution is -0.119. The molecule has 4 N–H and O–H groups in total. The molecule has 2 aromatic heterocycles. The number of hydrogen-bond donors (Lipinski definition) is 3. The summed E-state index contributed by atoms with van der Waals surface area (Å²) in [5.41, 5.74) is 5.20. The smallest absolute Gasteiger partial charge is 0.271 e. The van der Waals surface area contributed by atoms with Crippen LogP contribution in [0.5, 0.6) is 5.75 Å². The molecule has 2 aliphatic rings. The molecule has 1 amide bonds. The minimum atomic E-state index is -2.59. The van der Waals surface area contributed by atoms with Gasteiger partial charge in [0.05, 0.1) is 25.0 Å². The summed E-state index contributed by atoms with van der Waals surface area (Å²) in [5, 5.41) is 2.68. The molecule has 1 saturated heterocycles. The first-order valence-electron chi connectivity index (χ1n) is 10.2. The number of alkyl halides is 2. The highest BCUT2D eigenvalue weighted by atomic mass is 19.3. The first-order valence-corrected chi connectivity index (χ1v) is 10.2. The van der Waals surface area contributed by atoms with Crippen molar-refractivity contribution in [3.05, 3.63) is 47.0 Å². The normalized spacial score (nSPS) is 17.9. The van der Waals surface area contributed by atoms with Gasteiger partial charge < -0.3 is 20.8 Å². The lowest BCUT2D eigenvalue weighted by atomic mass is 10.1. The predicted molar refractivity (Wildman–Crippen MR) is 113 cm³/mol. The summed E-state index contributed by atoms with van der Waals surface area (Å²) in [6.45, 7) is 1.30. The number of anilines is 2. The number of piperidine rings is 1. The zero-order valence-electron chi connectivity index (χ0n) is 17.2. The standard InChI is InChI=1S/C16H21F2N3O2.C5H6N2O/c17-16(18)5-7-21(8-6-16)10-15(22)20-14-4-3-13(9-19-14)23-11-12-1-2-12;6-4-2-1-3-7-5(4)8/h3-4,9,12H,1-2,5-8,10-11H2,(H,19,20,22);1-3H,6H2,(H,7,8). The number of nitrogens with one attached hydrogen (secondary N) is 2. The Kier molecular flexibility index (Phi) is 7.56. The van der Waals surface area contributed by atoms with Crippen molar-refractivity contribution in [3.63, 3.8) is 0 Å². The number of halogens is 2. The van der Waals surface area contributed by atoms with E-state index in [0.29, 0.717) is 24.1 Å². The lowest BCUT2D eigenvalue weighted by Crippen LogP contribution is -2.43. The van der Waals surface area contributed by atoms with E-state index in [0.717, 1.165) is 0 Å². The van der Waals surface area contributed by atoms with Gasteiger partial charge in [-0.1, -0.05) is 0 Å². The van der Waals surface area contributed by atoms with Crippen LogP contribution in [0.15, 0.2) is 41.5 Å². The monoisotopic (exact) mass is 435 g/mol. The molecule has 0 atom stereocenters. The summed E-state index contributed by atoms with van der Waals surface area (Å²) in [6, 6.07) is 6.69. The van der Waals surface area contributed by atoms with E-state index in [4.69, 9.17) is 10.5 Å². The molecule has 1 saturated carbocycles. The Morgan fingerprint density at radius 3 is 2.58 bits per heavy atom. The van der Waals surface area contributed by atoms with Gasteiger partial charge in [0.1, 0.15) is 11.6 Å². The number of pyridine rings is 2. The van der Waals surface area contributed by atoms with Crippen LogP contribution in [-0.2, 0) is 4.79 Å². The van der Waals surface area contributed by atoms with Gasteiger partial charge in [-0.05, 0) is 43.0 Å².